The molecule has 5 atom stereocenters. The maximum absolute atomic E-state index is 10.5. The molecule has 1 aliphatic heterocycles. The van der Waals surface area contributed by atoms with Crippen LogP contribution in [0.2, 0.25) is 0 Å². The Morgan fingerprint density at radius 2 is 1.59 bits per heavy atom. The first kappa shape index (κ1) is 18.1. The molecule has 0 aromatic carbocycles. The van der Waals surface area contributed by atoms with E-state index in [2.05, 4.69) is 13.8 Å². The van der Waals surface area contributed by atoms with Crippen molar-refractivity contribution in [3.63, 3.8) is 0 Å². The standard InChI is InChI=1S/C17H32O5/c1-5-7-9-19-14-12(18)11-13-15(22-17(3,4)21-13)16(14)20-10-8-6-2/h12-16,18H,5-11H2,1-4H3/t12-,13-,14?,15?,16?/m1/s1. The summed E-state index contributed by atoms with van der Waals surface area (Å²) in [6.07, 6.45) is 3.22. The topological polar surface area (TPSA) is 57.2 Å². The van der Waals surface area contributed by atoms with E-state index >= 15 is 0 Å². The fourth-order valence-corrected chi connectivity index (χ4v) is 3.22. The lowest BCUT2D eigenvalue weighted by atomic mass is 9.87. The predicted molar refractivity (Wildman–Crippen MR) is 83.7 cm³/mol. The molecule has 1 N–H and O–H groups in total. The van der Waals surface area contributed by atoms with Crippen molar-refractivity contribution >= 4 is 0 Å². The van der Waals surface area contributed by atoms with Crippen molar-refractivity contribution in [3.8, 4) is 0 Å². The van der Waals surface area contributed by atoms with Gasteiger partial charge in [-0.25, -0.2) is 0 Å². The summed E-state index contributed by atoms with van der Waals surface area (Å²) < 4.78 is 24.0. The summed E-state index contributed by atoms with van der Waals surface area (Å²) >= 11 is 0. The van der Waals surface area contributed by atoms with Crippen molar-refractivity contribution in [2.45, 2.75) is 96.1 Å². The largest absolute Gasteiger partial charge is 0.390 e. The summed E-state index contributed by atoms with van der Waals surface area (Å²) in [6, 6.07) is 0. The Kier molecular flexibility index (Phi) is 6.65. The Balaban J connectivity index is 2.05. The fourth-order valence-electron chi connectivity index (χ4n) is 3.22. The molecule has 0 bridgehead atoms. The highest BCUT2D eigenvalue weighted by atomic mass is 16.8. The van der Waals surface area contributed by atoms with Gasteiger partial charge in [0.15, 0.2) is 5.79 Å². The van der Waals surface area contributed by atoms with Gasteiger partial charge >= 0.3 is 0 Å². The van der Waals surface area contributed by atoms with E-state index in [0.717, 1.165) is 25.7 Å². The summed E-state index contributed by atoms with van der Waals surface area (Å²) in [5, 5.41) is 10.5. The first-order valence-electron chi connectivity index (χ1n) is 8.75. The third-order valence-corrected chi connectivity index (χ3v) is 4.34. The minimum Gasteiger partial charge on any atom is -0.390 e. The molecule has 22 heavy (non-hydrogen) atoms. The molecule has 1 saturated carbocycles. The monoisotopic (exact) mass is 316 g/mol. The van der Waals surface area contributed by atoms with Gasteiger partial charge in [0, 0.05) is 19.6 Å². The van der Waals surface area contributed by atoms with E-state index in [9.17, 15) is 5.11 Å². The van der Waals surface area contributed by atoms with Crippen LogP contribution >= 0.6 is 0 Å². The summed E-state index contributed by atoms with van der Waals surface area (Å²) in [6.45, 7) is 9.39. The Hall–Kier alpha value is -0.200. The van der Waals surface area contributed by atoms with Crippen LogP contribution in [0.1, 0.15) is 59.8 Å². The molecule has 0 aromatic rings. The fraction of sp³-hybridized carbons (Fsp3) is 1.00. The molecular formula is C17H32O5. The molecule has 130 valence electrons. The molecule has 3 unspecified atom stereocenters. The van der Waals surface area contributed by atoms with Gasteiger partial charge in [-0.3, -0.25) is 0 Å². The molecule has 2 fully saturated rings. The van der Waals surface area contributed by atoms with Crippen molar-refractivity contribution in [1.82, 2.24) is 0 Å². The quantitative estimate of drug-likeness (QED) is 0.698. The molecule has 1 saturated heterocycles. The van der Waals surface area contributed by atoms with Gasteiger partial charge in [-0.15, -0.1) is 0 Å². The van der Waals surface area contributed by atoms with E-state index in [1.165, 1.54) is 0 Å². The Morgan fingerprint density at radius 3 is 2.18 bits per heavy atom. The first-order valence-corrected chi connectivity index (χ1v) is 8.75. The van der Waals surface area contributed by atoms with Gasteiger partial charge in [-0.05, 0) is 26.7 Å². The molecule has 1 aliphatic carbocycles. The lowest BCUT2D eigenvalue weighted by molar-refractivity contribution is -0.195. The normalized spacial score (nSPS) is 37.2. The number of aliphatic hydroxyl groups excluding tert-OH is 1. The van der Waals surface area contributed by atoms with Gasteiger partial charge in [0.1, 0.15) is 18.3 Å². The average Bonchev–Trinajstić information content (AvgIpc) is 2.75. The van der Waals surface area contributed by atoms with Gasteiger partial charge in [-0.2, -0.15) is 0 Å². The minimum atomic E-state index is -0.625. The molecule has 2 rings (SSSR count). The second-order valence-corrected chi connectivity index (χ2v) is 6.82. The molecular weight excluding hydrogens is 284 g/mol. The number of unbranched alkanes of at least 4 members (excludes halogenated alkanes) is 2. The van der Waals surface area contributed by atoms with Crippen LogP contribution in [-0.2, 0) is 18.9 Å². The van der Waals surface area contributed by atoms with E-state index in [1.54, 1.807) is 0 Å². The van der Waals surface area contributed by atoms with Crippen LogP contribution < -0.4 is 0 Å². The van der Waals surface area contributed by atoms with Crippen LogP contribution in [0.25, 0.3) is 0 Å². The zero-order valence-corrected chi connectivity index (χ0v) is 14.4. The third kappa shape index (κ3) is 4.42. The third-order valence-electron chi connectivity index (χ3n) is 4.34. The maximum Gasteiger partial charge on any atom is 0.163 e. The van der Waals surface area contributed by atoms with Crippen LogP contribution in [0.3, 0.4) is 0 Å². The zero-order chi connectivity index (χ0) is 16.2. The Labute approximate surface area is 134 Å². The van der Waals surface area contributed by atoms with Crippen LogP contribution in [-0.4, -0.2) is 54.6 Å². The number of fused-ring (bicyclic) bond motifs is 1. The van der Waals surface area contributed by atoms with E-state index < -0.39 is 11.9 Å². The van der Waals surface area contributed by atoms with Crippen molar-refractivity contribution in [2.75, 3.05) is 13.2 Å². The van der Waals surface area contributed by atoms with Gasteiger partial charge in [-0.1, -0.05) is 26.7 Å². The number of ether oxygens (including phenoxy) is 4. The number of aliphatic hydroxyl groups is 1. The number of rotatable bonds is 8. The lowest BCUT2D eigenvalue weighted by Crippen LogP contribution is -2.57. The number of hydrogen-bond acceptors (Lipinski definition) is 5. The van der Waals surface area contributed by atoms with Gasteiger partial charge < -0.3 is 24.1 Å². The number of hydrogen-bond donors (Lipinski definition) is 1. The van der Waals surface area contributed by atoms with E-state index in [-0.39, 0.29) is 24.4 Å². The van der Waals surface area contributed by atoms with Crippen molar-refractivity contribution < 1.29 is 24.1 Å². The van der Waals surface area contributed by atoms with Crippen molar-refractivity contribution in [3.05, 3.63) is 0 Å². The molecule has 0 spiro atoms. The molecule has 0 amide bonds. The highest BCUT2D eigenvalue weighted by Crippen LogP contribution is 2.39. The summed E-state index contributed by atoms with van der Waals surface area (Å²) in [5.74, 6) is -0.625. The highest BCUT2D eigenvalue weighted by Gasteiger charge is 2.54. The zero-order valence-electron chi connectivity index (χ0n) is 14.4. The van der Waals surface area contributed by atoms with E-state index in [4.69, 9.17) is 18.9 Å². The van der Waals surface area contributed by atoms with Gasteiger partial charge in [0.05, 0.1) is 12.2 Å². The van der Waals surface area contributed by atoms with Crippen LogP contribution in [0, 0.1) is 0 Å². The van der Waals surface area contributed by atoms with Gasteiger partial charge in [0.2, 0.25) is 0 Å². The molecule has 0 radical (unpaired) electrons. The first-order chi connectivity index (χ1) is 10.5. The second-order valence-electron chi connectivity index (χ2n) is 6.82. The summed E-state index contributed by atoms with van der Waals surface area (Å²) in [5.41, 5.74) is 0. The molecule has 5 heteroatoms. The Bertz CT molecular complexity index is 333. The summed E-state index contributed by atoms with van der Waals surface area (Å²) in [4.78, 5) is 0. The van der Waals surface area contributed by atoms with Crippen LogP contribution in [0.5, 0.6) is 0 Å². The van der Waals surface area contributed by atoms with Crippen LogP contribution in [0.15, 0.2) is 0 Å². The maximum atomic E-state index is 10.5. The smallest absolute Gasteiger partial charge is 0.163 e. The lowest BCUT2D eigenvalue weighted by Gasteiger charge is -2.40. The van der Waals surface area contributed by atoms with Gasteiger partial charge in [0.25, 0.3) is 0 Å². The minimum absolute atomic E-state index is 0.123. The summed E-state index contributed by atoms with van der Waals surface area (Å²) in [7, 11) is 0. The van der Waals surface area contributed by atoms with Crippen LogP contribution in [0.4, 0.5) is 0 Å². The van der Waals surface area contributed by atoms with Crippen molar-refractivity contribution in [2.24, 2.45) is 0 Å². The highest BCUT2D eigenvalue weighted by molar-refractivity contribution is 5.00. The van der Waals surface area contributed by atoms with E-state index in [0.29, 0.717) is 19.6 Å². The van der Waals surface area contributed by atoms with E-state index in [1.807, 2.05) is 13.8 Å². The SMILES string of the molecule is CCCCOC1C(OCCCC)[C@H](O)C[C@H]2OC(C)(C)OC12. The average molecular weight is 316 g/mol. The van der Waals surface area contributed by atoms with Crippen molar-refractivity contribution in [1.29, 1.82) is 0 Å². The molecule has 0 aromatic heterocycles. The molecule has 1 heterocycles. The molecule has 2 aliphatic rings. The molecule has 5 nitrogen and oxygen atoms in total. The second kappa shape index (κ2) is 8.06. The Morgan fingerprint density at radius 1 is 1.00 bits per heavy atom. The predicted octanol–water partition coefficient (Wildman–Crippen LogP) is 2.64.